The largest absolute Gasteiger partial charge is 0.478 e. The molecular formula is C31H24F3N3O4. The molecule has 0 fully saturated rings. The molecule has 10 heteroatoms. The summed E-state index contributed by atoms with van der Waals surface area (Å²) in [5, 5.41) is 6.23. The van der Waals surface area contributed by atoms with Gasteiger partial charge in [-0.3, -0.25) is 4.79 Å². The number of rotatable bonds is 7. The Labute approximate surface area is 232 Å². The second-order valence-corrected chi connectivity index (χ2v) is 9.10. The number of para-hydroxylation sites is 1. The van der Waals surface area contributed by atoms with E-state index in [-0.39, 0.29) is 23.4 Å². The van der Waals surface area contributed by atoms with Gasteiger partial charge < -0.3 is 9.47 Å². The molecule has 7 nitrogen and oxygen atoms in total. The van der Waals surface area contributed by atoms with Gasteiger partial charge in [-0.2, -0.15) is 22.9 Å². The van der Waals surface area contributed by atoms with Gasteiger partial charge in [0.15, 0.2) is 11.9 Å². The molecule has 0 spiro atoms. The van der Waals surface area contributed by atoms with Gasteiger partial charge in [0.05, 0.1) is 29.3 Å². The molecule has 1 atom stereocenters. The SMILES string of the molecule is CCOC(=O)[C@H](C)Oc1ccc2ccccc2c1C=Nn1c(-c2cccc(C(F)(F)F)c2)nc2ccccc2c1=O. The number of alkyl halides is 3. The molecule has 5 aromatic rings. The van der Waals surface area contributed by atoms with Gasteiger partial charge in [-0.05, 0) is 55.0 Å². The van der Waals surface area contributed by atoms with Crippen molar-refractivity contribution in [1.29, 1.82) is 0 Å². The van der Waals surface area contributed by atoms with E-state index >= 15 is 0 Å². The second-order valence-electron chi connectivity index (χ2n) is 9.10. The van der Waals surface area contributed by atoms with E-state index in [2.05, 4.69) is 10.1 Å². The number of carbonyl (C=O) groups is 1. The van der Waals surface area contributed by atoms with E-state index < -0.39 is 29.4 Å². The monoisotopic (exact) mass is 559 g/mol. The maximum absolute atomic E-state index is 13.6. The number of aromatic nitrogens is 2. The number of ether oxygens (including phenoxy) is 2. The summed E-state index contributed by atoms with van der Waals surface area (Å²) in [5.41, 5.74) is -0.624. The highest BCUT2D eigenvalue weighted by Crippen LogP contribution is 2.32. The van der Waals surface area contributed by atoms with Crippen molar-refractivity contribution in [3.05, 3.63) is 106 Å². The lowest BCUT2D eigenvalue weighted by Gasteiger charge is -2.16. The molecule has 0 radical (unpaired) electrons. The number of nitrogens with zero attached hydrogens (tertiary/aromatic N) is 3. The fourth-order valence-corrected chi connectivity index (χ4v) is 4.38. The maximum atomic E-state index is 13.6. The summed E-state index contributed by atoms with van der Waals surface area (Å²) in [5.74, 6) is -0.320. The number of esters is 1. The van der Waals surface area contributed by atoms with E-state index in [0.29, 0.717) is 22.2 Å². The highest BCUT2D eigenvalue weighted by atomic mass is 19.4. The predicted octanol–water partition coefficient (Wildman–Crippen LogP) is 6.45. The summed E-state index contributed by atoms with van der Waals surface area (Å²) in [6.45, 7) is 3.43. The summed E-state index contributed by atoms with van der Waals surface area (Å²) < 4.78 is 52.5. The Morgan fingerprint density at radius 3 is 2.49 bits per heavy atom. The smallest absolute Gasteiger partial charge is 0.416 e. The lowest BCUT2D eigenvalue weighted by atomic mass is 10.0. The minimum Gasteiger partial charge on any atom is -0.478 e. The minimum absolute atomic E-state index is 0.0603. The number of halogens is 3. The van der Waals surface area contributed by atoms with Gasteiger partial charge in [0.1, 0.15) is 5.75 Å². The zero-order valence-electron chi connectivity index (χ0n) is 22.1. The maximum Gasteiger partial charge on any atom is 0.416 e. The first-order chi connectivity index (χ1) is 19.7. The molecule has 0 saturated heterocycles. The Morgan fingerprint density at radius 2 is 1.73 bits per heavy atom. The predicted molar refractivity (Wildman–Crippen MR) is 150 cm³/mol. The normalized spacial score (nSPS) is 12.6. The number of benzene rings is 4. The third-order valence-corrected chi connectivity index (χ3v) is 6.36. The molecule has 0 N–H and O–H groups in total. The lowest BCUT2D eigenvalue weighted by molar-refractivity contribution is -0.150. The first kappa shape index (κ1) is 27.6. The molecule has 208 valence electrons. The van der Waals surface area contributed by atoms with Crippen molar-refractivity contribution < 1.29 is 27.4 Å². The van der Waals surface area contributed by atoms with E-state index in [9.17, 15) is 22.8 Å². The molecule has 41 heavy (non-hydrogen) atoms. The van der Waals surface area contributed by atoms with Crippen LogP contribution in [-0.4, -0.2) is 34.6 Å². The molecule has 0 aliphatic carbocycles. The Bertz CT molecular complexity index is 1850. The van der Waals surface area contributed by atoms with E-state index in [0.717, 1.165) is 22.2 Å². The van der Waals surface area contributed by atoms with Crippen molar-refractivity contribution in [2.45, 2.75) is 26.1 Å². The van der Waals surface area contributed by atoms with Crippen molar-refractivity contribution in [3.8, 4) is 17.1 Å². The lowest BCUT2D eigenvalue weighted by Crippen LogP contribution is -2.26. The molecule has 0 bridgehead atoms. The Hall–Kier alpha value is -4.99. The van der Waals surface area contributed by atoms with Crippen molar-refractivity contribution in [1.82, 2.24) is 9.66 Å². The van der Waals surface area contributed by atoms with Gasteiger partial charge in [-0.15, -0.1) is 0 Å². The van der Waals surface area contributed by atoms with Gasteiger partial charge in [-0.1, -0.05) is 54.6 Å². The molecule has 1 heterocycles. The third-order valence-electron chi connectivity index (χ3n) is 6.36. The standard InChI is InChI=1S/C31H24F3N3O4/c1-3-40-30(39)19(2)41-27-16-15-20-9-4-5-12-23(20)25(27)18-35-37-28(21-10-8-11-22(17-21)31(32,33)34)36-26-14-7-6-13-24(26)29(37)38/h4-19H,3H2,1-2H3/t19-/m0/s1. The van der Waals surface area contributed by atoms with Crippen LogP contribution >= 0.6 is 0 Å². The molecular weight excluding hydrogens is 535 g/mol. The molecule has 5 rings (SSSR count). The zero-order chi connectivity index (χ0) is 29.1. The van der Waals surface area contributed by atoms with Crippen LogP contribution in [0.1, 0.15) is 25.0 Å². The molecule has 4 aromatic carbocycles. The van der Waals surface area contributed by atoms with Crippen LogP contribution in [0.3, 0.4) is 0 Å². The molecule has 0 unspecified atom stereocenters. The minimum atomic E-state index is -4.59. The summed E-state index contributed by atoms with van der Waals surface area (Å²) >= 11 is 0. The second kappa shape index (κ2) is 11.2. The number of hydrogen-bond donors (Lipinski definition) is 0. The average molecular weight is 560 g/mol. The van der Waals surface area contributed by atoms with Crippen LogP contribution in [-0.2, 0) is 15.7 Å². The molecule has 0 aliphatic rings. The molecule has 1 aromatic heterocycles. The van der Waals surface area contributed by atoms with Crippen molar-refractivity contribution in [2.24, 2.45) is 5.10 Å². The molecule has 0 amide bonds. The van der Waals surface area contributed by atoms with Crippen molar-refractivity contribution in [2.75, 3.05) is 6.61 Å². The van der Waals surface area contributed by atoms with E-state index in [1.54, 1.807) is 44.2 Å². The molecule has 0 saturated carbocycles. The van der Waals surface area contributed by atoms with Crippen LogP contribution in [0.15, 0.2) is 94.8 Å². The average Bonchev–Trinajstić information content (AvgIpc) is 2.97. The fourth-order valence-electron chi connectivity index (χ4n) is 4.38. The number of fused-ring (bicyclic) bond motifs is 2. The van der Waals surface area contributed by atoms with Crippen LogP contribution in [0.4, 0.5) is 13.2 Å². The van der Waals surface area contributed by atoms with Gasteiger partial charge >= 0.3 is 12.1 Å². The molecule has 0 aliphatic heterocycles. The van der Waals surface area contributed by atoms with Gasteiger partial charge in [0, 0.05) is 11.1 Å². The fraction of sp³-hybridized carbons (Fsp3) is 0.161. The van der Waals surface area contributed by atoms with Crippen molar-refractivity contribution >= 4 is 33.9 Å². The van der Waals surface area contributed by atoms with Crippen LogP contribution < -0.4 is 10.3 Å². The highest BCUT2D eigenvalue weighted by Gasteiger charge is 2.31. The summed E-state index contributed by atoms with van der Waals surface area (Å²) in [4.78, 5) is 30.4. The van der Waals surface area contributed by atoms with Crippen LogP contribution in [0, 0.1) is 0 Å². The first-order valence-electron chi connectivity index (χ1n) is 12.8. The van der Waals surface area contributed by atoms with E-state index in [4.69, 9.17) is 9.47 Å². The summed E-state index contributed by atoms with van der Waals surface area (Å²) in [6, 6.07) is 21.9. The van der Waals surface area contributed by atoms with Crippen molar-refractivity contribution in [3.63, 3.8) is 0 Å². The number of carbonyl (C=O) groups excluding carboxylic acids is 1. The highest BCUT2D eigenvalue weighted by molar-refractivity contribution is 6.02. The quantitative estimate of drug-likeness (QED) is 0.169. The van der Waals surface area contributed by atoms with E-state index in [1.807, 2.05) is 30.3 Å². The van der Waals surface area contributed by atoms with Gasteiger partial charge in [0.25, 0.3) is 5.56 Å². The van der Waals surface area contributed by atoms with Crippen LogP contribution in [0.2, 0.25) is 0 Å². The van der Waals surface area contributed by atoms with Crippen LogP contribution in [0.25, 0.3) is 33.1 Å². The van der Waals surface area contributed by atoms with Gasteiger partial charge in [-0.25, -0.2) is 9.78 Å². The van der Waals surface area contributed by atoms with Crippen LogP contribution in [0.5, 0.6) is 5.75 Å². The third kappa shape index (κ3) is 5.67. The Balaban J connectivity index is 1.70. The Kier molecular flexibility index (Phi) is 7.56. The topological polar surface area (TPSA) is 82.8 Å². The van der Waals surface area contributed by atoms with E-state index in [1.165, 1.54) is 18.3 Å². The summed E-state index contributed by atoms with van der Waals surface area (Å²) in [6.07, 6.45) is -4.15. The van der Waals surface area contributed by atoms with Gasteiger partial charge in [0.2, 0.25) is 0 Å². The summed E-state index contributed by atoms with van der Waals surface area (Å²) in [7, 11) is 0. The number of hydrogen-bond acceptors (Lipinski definition) is 6. The zero-order valence-corrected chi connectivity index (χ0v) is 22.1. The Morgan fingerprint density at radius 1 is 1.00 bits per heavy atom. The first-order valence-corrected chi connectivity index (χ1v) is 12.8.